The van der Waals surface area contributed by atoms with Crippen LogP contribution in [-0.4, -0.2) is 20.6 Å². The van der Waals surface area contributed by atoms with Crippen LogP contribution in [0.1, 0.15) is 11.5 Å². The van der Waals surface area contributed by atoms with Gasteiger partial charge in [0.15, 0.2) is 0 Å². The van der Waals surface area contributed by atoms with E-state index in [9.17, 15) is 13.2 Å². The average Bonchev–Trinajstić information content (AvgIpc) is 3.20. The first-order valence-corrected chi connectivity index (χ1v) is 11.4. The number of carbonyl (C=O) groups is 1. The lowest BCUT2D eigenvalue weighted by Crippen LogP contribution is -2.22. The van der Waals surface area contributed by atoms with Gasteiger partial charge in [-0.05, 0) is 54.8 Å². The average molecular weight is 429 g/mol. The molecule has 1 amide bonds. The molecule has 3 aromatic rings. The Balaban J connectivity index is 1.56. The Morgan fingerprint density at radius 3 is 2.62 bits per heavy atom. The molecule has 6 nitrogen and oxygen atoms in total. The summed E-state index contributed by atoms with van der Waals surface area (Å²) in [6, 6.07) is 19.0. The van der Waals surface area contributed by atoms with Crippen LogP contribution >= 0.6 is 11.8 Å². The fraction of sp³-hybridized carbons (Fsp3) is 0.0952. The van der Waals surface area contributed by atoms with Crippen molar-refractivity contribution in [3.8, 4) is 0 Å². The van der Waals surface area contributed by atoms with Crippen molar-refractivity contribution in [2.75, 3.05) is 11.6 Å². The van der Waals surface area contributed by atoms with Gasteiger partial charge in [-0.3, -0.25) is 4.79 Å². The summed E-state index contributed by atoms with van der Waals surface area (Å²) in [4.78, 5) is 13.3. The molecule has 0 fully saturated rings. The highest BCUT2D eigenvalue weighted by Crippen LogP contribution is 2.19. The van der Waals surface area contributed by atoms with E-state index < -0.39 is 10.0 Å². The molecule has 8 heteroatoms. The lowest BCUT2D eigenvalue weighted by molar-refractivity contribution is -0.111. The molecule has 0 aliphatic carbocycles. The molecule has 1 heterocycles. The number of thioether (sulfide) groups is 1. The van der Waals surface area contributed by atoms with E-state index >= 15 is 0 Å². The van der Waals surface area contributed by atoms with Gasteiger partial charge in [-0.25, -0.2) is 13.1 Å². The van der Waals surface area contributed by atoms with Crippen LogP contribution in [0.4, 0.5) is 5.69 Å². The Morgan fingerprint density at radius 2 is 1.86 bits per heavy atom. The fourth-order valence-corrected chi connectivity index (χ4v) is 3.94. The van der Waals surface area contributed by atoms with Crippen LogP contribution < -0.4 is 10.0 Å². The summed E-state index contributed by atoms with van der Waals surface area (Å²) in [6.45, 7) is 0.0126. The molecule has 3 rings (SSSR count). The molecule has 0 bridgehead atoms. The topological polar surface area (TPSA) is 88.4 Å². The maximum atomic E-state index is 12.2. The van der Waals surface area contributed by atoms with Gasteiger partial charge in [-0.2, -0.15) is 0 Å². The summed E-state index contributed by atoms with van der Waals surface area (Å²) in [7, 11) is -3.61. The zero-order valence-corrected chi connectivity index (χ0v) is 17.3. The number of sulfonamides is 1. The van der Waals surface area contributed by atoms with Crippen LogP contribution in [0.15, 0.2) is 87.0 Å². The minimum Gasteiger partial charge on any atom is -0.460 e. The van der Waals surface area contributed by atoms with Crippen LogP contribution in [0.25, 0.3) is 6.08 Å². The number of benzene rings is 2. The standard InChI is InChI=1S/C21H20N2O4S2/c1-28-19-7-5-6-16(14-19)23-21(24)13-12-17-10-11-18(27-17)15-22-29(25,26)20-8-3-2-4-9-20/h2-14,22H,15H2,1H3,(H,23,24)/b13-12+. The van der Waals surface area contributed by atoms with Crippen LogP contribution in [0.3, 0.4) is 0 Å². The Labute approximate surface area is 174 Å². The molecule has 0 aliphatic rings. The van der Waals surface area contributed by atoms with E-state index in [1.807, 2.05) is 30.5 Å². The Morgan fingerprint density at radius 1 is 1.07 bits per heavy atom. The van der Waals surface area contributed by atoms with Crippen LogP contribution in [0.2, 0.25) is 0 Å². The van der Waals surface area contributed by atoms with Gasteiger partial charge < -0.3 is 9.73 Å². The second-order valence-corrected chi connectivity index (χ2v) is 8.64. The van der Waals surface area contributed by atoms with Crippen molar-refractivity contribution >= 4 is 39.5 Å². The van der Waals surface area contributed by atoms with Crippen LogP contribution in [0, 0.1) is 0 Å². The number of rotatable bonds is 8. The maximum absolute atomic E-state index is 12.2. The van der Waals surface area contributed by atoms with Gasteiger partial charge >= 0.3 is 0 Å². The lowest BCUT2D eigenvalue weighted by atomic mass is 10.3. The first-order chi connectivity index (χ1) is 14.0. The van der Waals surface area contributed by atoms with Crippen molar-refractivity contribution in [3.63, 3.8) is 0 Å². The second kappa shape index (κ2) is 9.60. The Kier molecular flexibility index (Phi) is 6.92. The zero-order chi connectivity index (χ0) is 20.7. The molecule has 1 aromatic heterocycles. The normalized spacial score (nSPS) is 11.6. The monoisotopic (exact) mass is 428 g/mol. The van der Waals surface area contributed by atoms with Gasteiger partial charge in [0.25, 0.3) is 0 Å². The van der Waals surface area contributed by atoms with Crippen LogP contribution in [-0.2, 0) is 21.4 Å². The summed E-state index contributed by atoms with van der Waals surface area (Å²) in [5, 5.41) is 2.78. The highest BCUT2D eigenvalue weighted by Gasteiger charge is 2.13. The molecule has 0 radical (unpaired) electrons. The molecule has 29 heavy (non-hydrogen) atoms. The minimum absolute atomic E-state index is 0.0126. The first-order valence-electron chi connectivity index (χ1n) is 8.73. The summed E-state index contributed by atoms with van der Waals surface area (Å²) in [6.07, 6.45) is 4.86. The van der Waals surface area contributed by atoms with Crippen LogP contribution in [0.5, 0.6) is 0 Å². The van der Waals surface area contributed by atoms with Gasteiger partial charge in [0, 0.05) is 16.7 Å². The second-order valence-electron chi connectivity index (χ2n) is 6.00. The summed E-state index contributed by atoms with van der Waals surface area (Å²) in [5.41, 5.74) is 0.710. The summed E-state index contributed by atoms with van der Waals surface area (Å²) < 4.78 is 32.5. The lowest BCUT2D eigenvalue weighted by Gasteiger charge is -2.04. The maximum Gasteiger partial charge on any atom is 0.248 e. The molecule has 0 saturated heterocycles. The predicted octanol–water partition coefficient (Wildman–Crippen LogP) is 4.13. The van der Waals surface area contributed by atoms with Crippen molar-refractivity contribution in [3.05, 3.63) is 84.3 Å². The van der Waals surface area contributed by atoms with Crippen molar-refractivity contribution in [1.82, 2.24) is 4.72 Å². The third-order valence-corrected chi connectivity index (χ3v) is 6.05. The Hall–Kier alpha value is -2.81. The van der Waals surface area contributed by atoms with E-state index in [2.05, 4.69) is 10.0 Å². The number of hydrogen-bond donors (Lipinski definition) is 2. The first kappa shape index (κ1) is 20.9. The summed E-state index contributed by atoms with van der Waals surface area (Å²) in [5.74, 6) is 0.607. The van der Waals surface area contributed by atoms with Gasteiger partial charge in [-0.1, -0.05) is 24.3 Å². The molecular weight excluding hydrogens is 408 g/mol. The molecule has 150 valence electrons. The molecule has 0 aliphatic heterocycles. The predicted molar refractivity (Wildman–Crippen MR) is 115 cm³/mol. The van der Waals surface area contributed by atoms with E-state index in [4.69, 9.17) is 4.42 Å². The fourth-order valence-electron chi connectivity index (χ4n) is 2.47. The van der Waals surface area contributed by atoms with E-state index in [-0.39, 0.29) is 17.3 Å². The molecular formula is C21H20N2O4S2. The van der Waals surface area contributed by atoms with Gasteiger partial charge in [0.2, 0.25) is 15.9 Å². The quantitative estimate of drug-likeness (QED) is 0.416. The van der Waals surface area contributed by atoms with E-state index in [1.54, 1.807) is 42.1 Å². The smallest absolute Gasteiger partial charge is 0.248 e. The SMILES string of the molecule is CSc1cccc(NC(=O)/C=C/c2ccc(CNS(=O)(=O)c3ccccc3)o2)c1. The molecule has 0 spiro atoms. The van der Waals surface area contributed by atoms with Crippen molar-refractivity contribution in [2.45, 2.75) is 16.3 Å². The number of nitrogens with one attached hydrogen (secondary N) is 2. The van der Waals surface area contributed by atoms with E-state index in [0.717, 1.165) is 4.90 Å². The van der Waals surface area contributed by atoms with Crippen molar-refractivity contribution < 1.29 is 17.6 Å². The number of anilines is 1. The highest BCUT2D eigenvalue weighted by molar-refractivity contribution is 7.98. The number of hydrogen-bond acceptors (Lipinski definition) is 5. The van der Waals surface area contributed by atoms with Gasteiger partial charge in [0.1, 0.15) is 11.5 Å². The van der Waals surface area contributed by atoms with Gasteiger partial charge in [0.05, 0.1) is 11.4 Å². The van der Waals surface area contributed by atoms with Gasteiger partial charge in [-0.15, -0.1) is 11.8 Å². The molecule has 0 unspecified atom stereocenters. The third-order valence-electron chi connectivity index (χ3n) is 3.91. The third kappa shape index (κ3) is 6.08. The number of carbonyl (C=O) groups excluding carboxylic acids is 1. The largest absolute Gasteiger partial charge is 0.460 e. The van der Waals surface area contributed by atoms with Crippen molar-refractivity contribution in [1.29, 1.82) is 0 Å². The molecule has 0 saturated carbocycles. The van der Waals surface area contributed by atoms with E-state index in [1.165, 1.54) is 24.3 Å². The highest BCUT2D eigenvalue weighted by atomic mass is 32.2. The summed E-state index contributed by atoms with van der Waals surface area (Å²) >= 11 is 1.59. The Bertz CT molecular complexity index is 1110. The molecule has 0 atom stereocenters. The number of amides is 1. The molecule has 2 N–H and O–H groups in total. The minimum atomic E-state index is -3.61. The van der Waals surface area contributed by atoms with Crippen molar-refractivity contribution in [2.24, 2.45) is 0 Å². The molecule has 2 aromatic carbocycles. The van der Waals surface area contributed by atoms with E-state index in [0.29, 0.717) is 17.2 Å². The number of furan rings is 1. The zero-order valence-electron chi connectivity index (χ0n) is 15.7.